The summed E-state index contributed by atoms with van der Waals surface area (Å²) in [5.41, 5.74) is -1.51. The number of carbonyl (C=O) groups is 1. The summed E-state index contributed by atoms with van der Waals surface area (Å²) >= 11 is 0. The van der Waals surface area contributed by atoms with Crippen LogP contribution in [0.25, 0.3) is 0 Å². The Hall–Kier alpha value is -1.59. The standard InChI is InChI=1S/C15H17F4NO/c1-10-5-3-2-4-8-20(10)14(21)11-6-7-13(16)12(9-11)15(17,18)19/h6-7,9-10H,2-5,8H2,1H3. The number of hydrogen-bond donors (Lipinski definition) is 0. The highest BCUT2D eigenvalue weighted by molar-refractivity contribution is 5.94. The summed E-state index contributed by atoms with van der Waals surface area (Å²) in [6.45, 7) is 2.41. The van der Waals surface area contributed by atoms with Crippen molar-refractivity contribution in [3.63, 3.8) is 0 Å². The molecule has 1 aromatic rings. The molecule has 6 heteroatoms. The Bertz CT molecular complexity index is 527. The van der Waals surface area contributed by atoms with Crippen LogP contribution in [0.4, 0.5) is 17.6 Å². The minimum Gasteiger partial charge on any atom is -0.336 e. The van der Waals surface area contributed by atoms with Crippen molar-refractivity contribution in [2.75, 3.05) is 6.54 Å². The van der Waals surface area contributed by atoms with E-state index in [4.69, 9.17) is 0 Å². The maximum Gasteiger partial charge on any atom is 0.419 e. The number of nitrogens with zero attached hydrogens (tertiary/aromatic N) is 1. The molecule has 1 aromatic carbocycles. The monoisotopic (exact) mass is 303 g/mol. The Morgan fingerprint density at radius 3 is 2.62 bits per heavy atom. The molecule has 2 nitrogen and oxygen atoms in total. The molecule has 1 atom stereocenters. The molecular formula is C15H17F4NO. The largest absolute Gasteiger partial charge is 0.419 e. The Labute approximate surface area is 120 Å². The molecule has 1 fully saturated rings. The van der Waals surface area contributed by atoms with Crippen LogP contribution in [-0.4, -0.2) is 23.4 Å². The Morgan fingerprint density at radius 2 is 1.95 bits per heavy atom. The number of amides is 1. The lowest BCUT2D eigenvalue weighted by atomic mass is 10.1. The van der Waals surface area contributed by atoms with E-state index in [-0.39, 0.29) is 11.6 Å². The van der Waals surface area contributed by atoms with Gasteiger partial charge in [-0.15, -0.1) is 0 Å². The number of benzene rings is 1. The van der Waals surface area contributed by atoms with Gasteiger partial charge < -0.3 is 4.90 Å². The number of carbonyl (C=O) groups excluding carboxylic acids is 1. The van der Waals surface area contributed by atoms with Gasteiger partial charge in [0.05, 0.1) is 5.56 Å². The van der Waals surface area contributed by atoms with Gasteiger partial charge in [0, 0.05) is 18.2 Å². The van der Waals surface area contributed by atoms with Gasteiger partial charge in [-0.2, -0.15) is 13.2 Å². The first-order valence-corrected chi connectivity index (χ1v) is 6.98. The maximum absolute atomic E-state index is 13.3. The summed E-state index contributed by atoms with van der Waals surface area (Å²) in [6, 6.07) is 2.41. The summed E-state index contributed by atoms with van der Waals surface area (Å²) in [5.74, 6) is -1.82. The number of alkyl halides is 3. The molecule has 0 aromatic heterocycles. The molecule has 1 saturated heterocycles. The van der Waals surface area contributed by atoms with Crippen LogP contribution < -0.4 is 0 Å². The number of rotatable bonds is 1. The van der Waals surface area contributed by atoms with Gasteiger partial charge in [0.2, 0.25) is 0 Å². The van der Waals surface area contributed by atoms with E-state index in [1.165, 1.54) is 0 Å². The van der Waals surface area contributed by atoms with E-state index in [1.807, 2.05) is 6.92 Å². The van der Waals surface area contributed by atoms with Gasteiger partial charge in [0.1, 0.15) is 5.82 Å². The van der Waals surface area contributed by atoms with Gasteiger partial charge in [-0.25, -0.2) is 4.39 Å². The first-order valence-electron chi connectivity index (χ1n) is 6.98. The molecule has 1 heterocycles. The highest BCUT2D eigenvalue weighted by Crippen LogP contribution is 2.32. The predicted molar refractivity (Wildman–Crippen MR) is 70.4 cm³/mol. The summed E-state index contributed by atoms with van der Waals surface area (Å²) in [5, 5.41) is 0. The minimum absolute atomic E-state index is 0.0145. The van der Waals surface area contributed by atoms with Crippen molar-refractivity contribution in [2.24, 2.45) is 0 Å². The molecule has 0 spiro atoms. The van der Waals surface area contributed by atoms with E-state index < -0.39 is 23.5 Å². The van der Waals surface area contributed by atoms with Crippen LogP contribution in [0.2, 0.25) is 0 Å². The van der Waals surface area contributed by atoms with Gasteiger partial charge in [-0.1, -0.05) is 12.8 Å². The van der Waals surface area contributed by atoms with Gasteiger partial charge >= 0.3 is 6.18 Å². The lowest BCUT2D eigenvalue weighted by Crippen LogP contribution is -2.38. The predicted octanol–water partition coefficient (Wildman–Crippen LogP) is 4.25. The van der Waals surface area contributed by atoms with Crippen LogP contribution in [0.1, 0.15) is 48.5 Å². The summed E-state index contributed by atoms with van der Waals surface area (Å²) in [7, 11) is 0. The van der Waals surface area contributed by atoms with Gasteiger partial charge in [0.15, 0.2) is 0 Å². The van der Waals surface area contributed by atoms with Gasteiger partial charge in [-0.05, 0) is 38.0 Å². The quantitative estimate of drug-likeness (QED) is 0.710. The average Bonchev–Trinajstić information content (AvgIpc) is 2.62. The Morgan fingerprint density at radius 1 is 1.24 bits per heavy atom. The zero-order valence-electron chi connectivity index (χ0n) is 11.7. The summed E-state index contributed by atoms with van der Waals surface area (Å²) in [6.07, 6.45) is -1.12. The van der Waals surface area contributed by atoms with Crippen molar-refractivity contribution in [2.45, 2.75) is 44.8 Å². The topological polar surface area (TPSA) is 20.3 Å². The van der Waals surface area contributed by atoms with Crippen LogP contribution in [0.15, 0.2) is 18.2 Å². The molecule has 21 heavy (non-hydrogen) atoms. The van der Waals surface area contributed by atoms with Crippen molar-refractivity contribution in [3.05, 3.63) is 35.1 Å². The lowest BCUT2D eigenvalue weighted by molar-refractivity contribution is -0.140. The van der Waals surface area contributed by atoms with E-state index in [2.05, 4.69) is 0 Å². The fraction of sp³-hybridized carbons (Fsp3) is 0.533. The maximum atomic E-state index is 13.3. The van der Waals surface area contributed by atoms with Crippen LogP contribution in [0, 0.1) is 5.82 Å². The average molecular weight is 303 g/mol. The molecule has 0 bridgehead atoms. The fourth-order valence-corrected chi connectivity index (χ4v) is 2.62. The first kappa shape index (κ1) is 15.8. The minimum atomic E-state index is -4.80. The normalized spacial score (nSPS) is 20.2. The second-order valence-corrected chi connectivity index (χ2v) is 5.39. The van der Waals surface area contributed by atoms with Crippen molar-refractivity contribution in [1.29, 1.82) is 0 Å². The van der Waals surface area contributed by atoms with E-state index in [9.17, 15) is 22.4 Å². The lowest BCUT2D eigenvalue weighted by Gasteiger charge is -2.27. The van der Waals surface area contributed by atoms with E-state index in [0.29, 0.717) is 18.7 Å². The SMILES string of the molecule is CC1CCCCCN1C(=O)c1ccc(F)c(C(F)(F)F)c1. The molecule has 1 aliphatic heterocycles. The van der Waals surface area contributed by atoms with Crippen LogP contribution >= 0.6 is 0 Å². The highest BCUT2D eigenvalue weighted by Gasteiger charge is 2.35. The Kier molecular flexibility index (Phi) is 4.54. The second kappa shape index (κ2) is 6.03. The van der Waals surface area contributed by atoms with E-state index in [1.54, 1.807) is 4.90 Å². The number of likely N-dealkylation sites (tertiary alicyclic amines) is 1. The molecule has 0 N–H and O–H groups in total. The van der Waals surface area contributed by atoms with Crippen molar-refractivity contribution >= 4 is 5.91 Å². The zero-order chi connectivity index (χ0) is 15.6. The summed E-state index contributed by atoms with van der Waals surface area (Å²) < 4.78 is 51.4. The number of halogens is 4. The van der Waals surface area contributed by atoms with E-state index in [0.717, 1.165) is 31.7 Å². The Balaban J connectivity index is 2.30. The molecule has 0 saturated carbocycles. The van der Waals surface area contributed by atoms with Crippen LogP contribution in [0.5, 0.6) is 0 Å². The molecule has 0 aliphatic carbocycles. The fourth-order valence-electron chi connectivity index (χ4n) is 2.62. The highest BCUT2D eigenvalue weighted by atomic mass is 19.4. The number of hydrogen-bond acceptors (Lipinski definition) is 1. The molecule has 1 aliphatic rings. The third kappa shape index (κ3) is 3.54. The third-order valence-corrected chi connectivity index (χ3v) is 3.83. The molecular weight excluding hydrogens is 286 g/mol. The van der Waals surface area contributed by atoms with Gasteiger partial charge in [-0.3, -0.25) is 4.79 Å². The van der Waals surface area contributed by atoms with E-state index >= 15 is 0 Å². The van der Waals surface area contributed by atoms with Crippen molar-refractivity contribution < 1.29 is 22.4 Å². The third-order valence-electron chi connectivity index (χ3n) is 3.83. The first-order chi connectivity index (χ1) is 9.80. The van der Waals surface area contributed by atoms with Crippen LogP contribution in [0.3, 0.4) is 0 Å². The zero-order valence-corrected chi connectivity index (χ0v) is 11.7. The summed E-state index contributed by atoms with van der Waals surface area (Å²) in [4.78, 5) is 14.0. The van der Waals surface area contributed by atoms with Crippen molar-refractivity contribution in [3.8, 4) is 0 Å². The molecule has 1 amide bonds. The molecule has 0 radical (unpaired) electrons. The van der Waals surface area contributed by atoms with Crippen molar-refractivity contribution in [1.82, 2.24) is 4.90 Å². The van der Waals surface area contributed by atoms with Crippen LogP contribution in [-0.2, 0) is 6.18 Å². The van der Waals surface area contributed by atoms with Gasteiger partial charge in [0.25, 0.3) is 5.91 Å². The molecule has 2 rings (SSSR count). The second-order valence-electron chi connectivity index (χ2n) is 5.39. The molecule has 116 valence electrons. The smallest absolute Gasteiger partial charge is 0.336 e. The molecule has 1 unspecified atom stereocenters.